The molecule has 23 heavy (non-hydrogen) atoms. The minimum absolute atomic E-state index is 0.0466. The van der Waals surface area contributed by atoms with Gasteiger partial charge in [-0.3, -0.25) is 9.89 Å². The van der Waals surface area contributed by atoms with Crippen molar-refractivity contribution in [3.05, 3.63) is 63.9 Å². The van der Waals surface area contributed by atoms with Crippen molar-refractivity contribution in [3.8, 4) is 10.6 Å². The fraction of sp³-hybridized carbons (Fsp3) is 0.188. The average Bonchev–Trinajstić information content (AvgIpc) is 3.28. The Bertz CT molecular complexity index is 1010. The van der Waals surface area contributed by atoms with Crippen molar-refractivity contribution < 1.29 is 0 Å². The quantitative estimate of drug-likeness (QED) is 0.630. The normalized spacial score (nSPS) is 12.8. The number of imidazole rings is 1. The van der Waals surface area contributed by atoms with Crippen molar-refractivity contribution in [3.63, 3.8) is 0 Å². The lowest BCUT2D eigenvalue weighted by Gasteiger charge is -2.12. The first-order valence-corrected chi connectivity index (χ1v) is 8.16. The van der Waals surface area contributed by atoms with Gasteiger partial charge in [-0.15, -0.1) is 11.3 Å². The Kier molecular flexibility index (Phi) is 3.16. The van der Waals surface area contributed by atoms with Crippen molar-refractivity contribution >= 4 is 17.0 Å². The number of hydrogen-bond donors (Lipinski definition) is 1. The highest BCUT2D eigenvalue weighted by Gasteiger charge is 2.16. The van der Waals surface area contributed by atoms with E-state index in [9.17, 15) is 4.79 Å². The summed E-state index contributed by atoms with van der Waals surface area (Å²) in [5.41, 5.74) is 3.21. The summed E-state index contributed by atoms with van der Waals surface area (Å²) in [5.74, 6) is 0. The largest absolute Gasteiger partial charge is 0.329 e. The number of nitrogens with one attached hydrogen (secondary N) is 1. The van der Waals surface area contributed by atoms with Gasteiger partial charge in [-0.2, -0.15) is 0 Å². The van der Waals surface area contributed by atoms with Crippen LogP contribution in [-0.4, -0.2) is 24.1 Å². The van der Waals surface area contributed by atoms with Crippen LogP contribution in [0.4, 0.5) is 0 Å². The Labute approximate surface area is 136 Å². The molecule has 1 N–H and O–H groups in total. The first-order valence-electron chi connectivity index (χ1n) is 7.29. The van der Waals surface area contributed by atoms with Gasteiger partial charge in [-0.25, -0.2) is 14.5 Å². The van der Waals surface area contributed by atoms with Crippen molar-refractivity contribution in [2.45, 2.75) is 19.9 Å². The van der Waals surface area contributed by atoms with Crippen LogP contribution in [0.1, 0.15) is 24.2 Å². The topological polar surface area (TPSA) is 68.0 Å². The van der Waals surface area contributed by atoms with Crippen molar-refractivity contribution in [1.29, 1.82) is 0 Å². The molecule has 4 aromatic rings. The number of hydrogen-bond acceptors (Lipinski definition) is 4. The van der Waals surface area contributed by atoms with Crippen LogP contribution in [0.3, 0.4) is 0 Å². The number of fused-ring (bicyclic) bond motifs is 1. The molecule has 0 aromatic carbocycles. The minimum Gasteiger partial charge on any atom is -0.329 e. The predicted octanol–water partition coefficient (Wildman–Crippen LogP) is 2.87. The number of aromatic amines is 1. The average molecular weight is 325 g/mol. The molecule has 0 amide bonds. The van der Waals surface area contributed by atoms with Crippen LogP contribution < -0.4 is 5.56 Å². The summed E-state index contributed by atoms with van der Waals surface area (Å²) in [4.78, 5) is 22.3. The van der Waals surface area contributed by atoms with Crippen LogP contribution in [0.15, 0.2) is 47.1 Å². The molecule has 6 nitrogen and oxygen atoms in total. The van der Waals surface area contributed by atoms with Gasteiger partial charge < -0.3 is 4.57 Å². The van der Waals surface area contributed by atoms with E-state index in [4.69, 9.17) is 4.98 Å². The second-order valence-electron chi connectivity index (χ2n) is 5.45. The smallest absolute Gasteiger partial charge is 0.272 e. The Morgan fingerprint density at radius 1 is 1.39 bits per heavy atom. The highest BCUT2D eigenvalue weighted by Crippen LogP contribution is 2.28. The van der Waals surface area contributed by atoms with Gasteiger partial charge in [-0.05, 0) is 25.3 Å². The monoisotopic (exact) mass is 325 g/mol. The molecule has 116 valence electrons. The van der Waals surface area contributed by atoms with E-state index in [1.807, 2.05) is 42.1 Å². The number of thiophene rings is 1. The molecular weight excluding hydrogens is 310 g/mol. The summed E-state index contributed by atoms with van der Waals surface area (Å²) < 4.78 is 3.44. The standard InChI is InChI=1S/C16H15N5OS/c1-10-15(13-4-3-7-23-13)19-21-14(22)8-12(18-16(10)21)11(2)20-6-5-17-9-20/h3-9,11,19H,1-2H3. The molecule has 0 aliphatic carbocycles. The van der Waals surface area contributed by atoms with Crippen LogP contribution in [0.25, 0.3) is 16.2 Å². The molecule has 0 radical (unpaired) electrons. The maximum atomic E-state index is 12.5. The van der Waals surface area contributed by atoms with Gasteiger partial charge in [0.25, 0.3) is 5.56 Å². The molecule has 4 aromatic heterocycles. The molecule has 0 aliphatic heterocycles. The molecule has 0 saturated carbocycles. The zero-order chi connectivity index (χ0) is 16.0. The second kappa shape index (κ2) is 5.20. The summed E-state index contributed by atoms with van der Waals surface area (Å²) in [6.45, 7) is 3.99. The Morgan fingerprint density at radius 3 is 2.96 bits per heavy atom. The molecule has 1 atom stereocenters. The summed E-state index contributed by atoms with van der Waals surface area (Å²) in [7, 11) is 0. The zero-order valence-corrected chi connectivity index (χ0v) is 13.5. The maximum absolute atomic E-state index is 12.5. The fourth-order valence-corrected chi connectivity index (χ4v) is 3.47. The minimum atomic E-state index is -0.108. The van der Waals surface area contributed by atoms with Crippen LogP contribution in [0.5, 0.6) is 0 Å². The zero-order valence-electron chi connectivity index (χ0n) is 12.7. The van der Waals surface area contributed by atoms with Crippen LogP contribution in [-0.2, 0) is 0 Å². The summed E-state index contributed by atoms with van der Waals surface area (Å²) in [6, 6.07) is 5.55. The van der Waals surface area contributed by atoms with E-state index in [1.165, 1.54) is 4.52 Å². The number of H-pyrrole nitrogens is 1. The third-order valence-corrected chi connectivity index (χ3v) is 4.93. The van der Waals surface area contributed by atoms with E-state index in [2.05, 4.69) is 10.1 Å². The molecule has 4 rings (SSSR count). The van der Waals surface area contributed by atoms with Crippen molar-refractivity contribution in [2.75, 3.05) is 0 Å². The molecule has 0 fully saturated rings. The number of rotatable bonds is 3. The van der Waals surface area contributed by atoms with Crippen molar-refractivity contribution in [1.82, 2.24) is 24.1 Å². The molecule has 4 heterocycles. The molecule has 1 unspecified atom stereocenters. The van der Waals surface area contributed by atoms with Gasteiger partial charge in [0.1, 0.15) is 0 Å². The summed E-state index contributed by atoms with van der Waals surface area (Å²) in [5, 5.41) is 5.19. The number of aryl methyl sites for hydroxylation is 1. The van der Waals surface area contributed by atoms with Gasteiger partial charge in [0, 0.05) is 24.0 Å². The third kappa shape index (κ3) is 2.20. The SMILES string of the molecule is Cc1c(-c2cccs2)[nH]n2c(=O)cc(C(C)n3ccnc3)nc12. The molecule has 0 bridgehead atoms. The lowest BCUT2D eigenvalue weighted by Crippen LogP contribution is -2.18. The number of aromatic nitrogens is 5. The van der Waals surface area contributed by atoms with E-state index < -0.39 is 0 Å². The predicted molar refractivity (Wildman–Crippen MR) is 89.9 cm³/mol. The highest BCUT2D eigenvalue weighted by atomic mass is 32.1. The van der Waals surface area contributed by atoms with Crippen molar-refractivity contribution in [2.24, 2.45) is 0 Å². The molecular formula is C16H15N5OS. The van der Waals surface area contributed by atoms with Gasteiger partial charge >= 0.3 is 0 Å². The summed E-state index contributed by atoms with van der Waals surface area (Å²) in [6.07, 6.45) is 5.32. The first kappa shape index (κ1) is 14.0. The molecule has 0 spiro atoms. The van der Waals surface area contributed by atoms with Crippen LogP contribution >= 0.6 is 11.3 Å². The highest BCUT2D eigenvalue weighted by molar-refractivity contribution is 7.13. The van der Waals surface area contributed by atoms with E-state index in [0.29, 0.717) is 5.65 Å². The van der Waals surface area contributed by atoms with E-state index in [1.54, 1.807) is 29.9 Å². The van der Waals surface area contributed by atoms with E-state index in [-0.39, 0.29) is 11.6 Å². The Hall–Kier alpha value is -2.67. The lowest BCUT2D eigenvalue weighted by atomic mass is 10.2. The Balaban J connectivity index is 1.91. The summed E-state index contributed by atoms with van der Waals surface area (Å²) >= 11 is 1.63. The Morgan fingerprint density at radius 2 is 2.26 bits per heavy atom. The van der Waals surface area contributed by atoms with Gasteiger partial charge in [0.2, 0.25) is 0 Å². The third-order valence-electron chi connectivity index (χ3n) is 4.04. The van der Waals surface area contributed by atoms with Gasteiger partial charge in [0.05, 0.1) is 28.6 Å². The first-order chi connectivity index (χ1) is 11.1. The van der Waals surface area contributed by atoms with Crippen LogP contribution in [0.2, 0.25) is 0 Å². The lowest BCUT2D eigenvalue weighted by molar-refractivity contribution is 0.617. The van der Waals surface area contributed by atoms with Crippen LogP contribution in [0, 0.1) is 6.92 Å². The van der Waals surface area contributed by atoms with Gasteiger partial charge in [0.15, 0.2) is 5.65 Å². The second-order valence-corrected chi connectivity index (χ2v) is 6.40. The fourth-order valence-electron chi connectivity index (χ4n) is 2.69. The molecule has 7 heteroatoms. The van der Waals surface area contributed by atoms with Gasteiger partial charge in [-0.1, -0.05) is 6.07 Å². The molecule has 0 aliphatic rings. The van der Waals surface area contributed by atoms with E-state index >= 15 is 0 Å². The molecule has 0 saturated heterocycles. The van der Waals surface area contributed by atoms with E-state index in [0.717, 1.165) is 21.8 Å². The maximum Gasteiger partial charge on any atom is 0.272 e. The number of nitrogens with zero attached hydrogens (tertiary/aromatic N) is 4.